The molecule has 0 saturated heterocycles. The Labute approximate surface area is 123 Å². The van der Waals surface area contributed by atoms with Gasteiger partial charge in [-0.2, -0.15) is 0 Å². The van der Waals surface area contributed by atoms with Gasteiger partial charge in [0, 0.05) is 10.4 Å². The first-order valence-corrected chi connectivity index (χ1v) is 7.76. The lowest BCUT2D eigenvalue weighted by atomic mass is 10.2. The van der Waals surface area contributed by atoms with Gasteiger partial charge in [-0.15, -0.1) is 0 Å². The molecule has 0 aliphatic rings. The average molecular weight is 309 g/mol. The summed E-state index contributed by atoms with van der Waals surface area (Å²) in [6.07, 6.45) is 1.53. The second kappa shape index (κ2) is 6.11. The first-order chi connectivity index (χ1) is 9.51. The Kier molecular flexibility index (Phi) is 4.47. The molecule has 104 valence electrons. The molecule has 0 radical (unpaired) electrons. The highest BCUT2D eigenvalue weighted by atomic mass is 35.5. The number of ether oxygens (including phenoxy) is 1. The molecule has 0 amide bonds. The fourth-order valence-electron chi connectivity index (χ4n) is 1.60. The van der Waals surface area contributed by atoms with Crippen LogP contribution in [0.4, 0.5) is 0 Å². The molecule has 0 saturated carbocycles. The minimum Gasteiger partial charge on any atom is -0.497 e. The zero-order valence-electron chi connectivity index (χ0n) is 10.8. The Balaban J connectivity index is 2.28. The van der Waals surface area contributed by atoms with Gasteiger partial charge in [-0.05, 0) is 42.0 Å². The topological polar surface area (TPSA) is 43.4 Å². The van der Waals surface area contributed by atoms with E-state index in [1.54, 1.807) is 36.4 Å². The maximum absolute atomic E-state index is 12.2. The van der Waals surface area contributed by atoms with Crippen LogP contribution in [0.5, 0.6) is 5.75 Å². The first-order valence-electron chi connectivity index (χ1n) is 5.84. The summed E-state index contributed by atoms with van der Waals surface area (Å²) in [6.45, 7) is 0. The van der Waals surface area contributed by atoms with Crippen LogP contribution in [0.25, 0.3) is 6.08 Å². The van der Waals surface area contributed by atoms with E-state index in [9.17, 15) is 8.42 Å². The van der Waals surface area contributed by atoms with Crippen molar-refractivity contribution in [2.45, 2.75) is 4.90 Å². The molecule has 2 aromatic rings. The van der Waals surface area contributed by atoms with E-state index in [0.29, 0.717) is 10.8 Å². The van der Waals surface area contributed by atoms with Gasteiger partial charge in [0.25, 0.3) is 0 Å². The molecule has 5 heteroatoms. The molecule has 2 aromatic carbocycles. The van der Waals surface area contributed by atoms with Gasteiger partial charge in [0.05, 0.1) is 12.0 Å². The molecule has 0 fully saturated rings. The number of hydrogen-bond acceptors (Lipinski definition) is 3. The molecule has 3 nitrogen and oxygen atoms in total. The lowest BCUT2D eigenvalue weighted by Gasteiger charge is -2.02. The van der Waals surface area contributed by atoms with Crippen molar-refractivity contribution in [3.05, 3.63) is 64.5 Å². The normalized spacial score (nSPS) is 11.7. The van der Waals surface area contributed by atoms with Crippen LogP contribution in [0.2, 0.25) is 5.02 Å². The molecular weight excluding hydrogens is 296 g/mol. The molecule has 0 aromatic heterocycles. The molecular formula is C15H13ClO3S. The molecule has 0 atom stereocenters. The highest BCUT2D eigenvalue weighted by Crippen LogP contribution is 2.20. The molecule has 0 N–H and O–H groups in total. The van der Waals surface area contributed by atoms with Crippen LogP contribution in [0.1, 0.15) is 5.56 Å². The quantitative estimate of drug-likeness (QED) is 0.863. The largest absolute Gasteiger partial charge is 0.497 e. The van der Waals surface area contributed by atoms with Gasteiger partial charge in [0.15, 0.2) is 9.84 Å². The van der Waals surface area contributed by atoms with Gasteiger partial charge >= 0.3 is 0 Å². The van der Waals surface area contributed by atoms with E-state index < -0.39 is 9.84 Å². The second-order valence-electron chi connectivity index (χ2n) is 4.08. The summed E-state index contributed by atoms with van der Waals surface area (Å²) in [6, 6.07) is 13.3. The van der Waals surface area contributed by atoms with Crippen LogP contribution >= 0.6 is 11.6 Å². The Morgan fingerprint density at radius 1 is 1.10 bits per heavy atom. The van der Waals surface area contributed by atoms with Crippen molar-refractivity contribution in [3.8, 4) is 5.75 Å². The summed E-state index contributed by atoms with van der Waals surface area (Å²) in [5.74, 6) is 0.506. The number of halogens is 1. The predicted molar refractivity (Wildman–Crippen MR) is 80.7 cm³/mol. The van der Waals surface area contributed by atoms with Crippen LogP contribution < -0.4 is 4.74 Å². The van der Waals surface area contributed by atoms with E-state index in [4.69, 9.17) is 16.3 Å². The predicted octanol–water partition coefficient (Wildman–Crippen LogP) is 3.79. The van der Waals surface area contributed by atoms with Crippen LogP contribution in [-0.2, 0) is 9.84 Å². The number of methoxy groups -OCH3 is 1. The zero-order valence-corrected chi connectivity index (χ0v) is 12.4. The summed E-state index contributed by atoms with van der Waals surface area (Å²) in [5.41, 5.74) is 0.765. The van der Waals surface area contributed by atoms with E-state index in [-0.39, 0.29) is 4.90 Å². The van der Waals surface area contributed by atoms with Crippen molar-refractivity contribution in [2.24, 2.45) is 0 Å². The molecule has 0 bridgehead atoms. The fraction of sp³-hybridized carbons (Fsp3) is 0.0667. The van der Waals surface area contributed by atoms with Gasteiger partial charge in [0.2, 0.25) is 0 Å². The summed E-state index contributed by atoms with van der Waals surface area (Å²) < 4.78 is 29.4. The SMILES string of the molecule is COc1cccc(S(=O)(=O)/C=C/c2ccc(Cl)cc2)c1. The standard InChI is InChI=1S/C15H13ClO3S/c1-19-14-3-2-4-15(11-14)20(17,18)10-9-12-5-7-13(16)8-6-12/h2-11H,1H3/b10-9+. The van der Waals surface area contributed by atoms with Crippen LogP contribution in [-0.4, -0.2) is 15.5 Å². The minimum atomic E-state index is -3.49. The van der Waals surface area contributed by atoms with Crippen molar-refractivity contribution >= 4 is 27.5 Å². The molecule has 0 unspecified atom stereocenters. The number of rotatable bonds is 4. The van der Waals surface area contributed by atoms with Crippen LogP contribution in [0.3, 0.4) is 0 Å². The Bertz CT molecular complexity index is 719. The molecule has 0 spiro atoms. The summed E-state index contributed by atoms with van der Waals surface area (Å²) in [5, 5.41) is 1.78. The maximum Gasteiger partial charge on any atom is 0.199 e. The third-order valence-corrected chi connectivity index (χ3v) is 4.34. The lowest BCUT2D eigenvalue weighted by Crippen LogP contribution is -1.96. The van der Waals surface area contributed by atoms with Crippen molar-refractivity contribution < 1.29 is 13.2 Å². The highest BCUT2D eigenvalue weighted by molar-refractivity contribution is 7.94. The lowest BCUT2D eigenvalue weighted by molar-refractivity contribution is 0.413. The third-order valence-electron chi connectivity index (χ3n) is 2.68. The van der Waals surface area contributed by atoms with Gasteiger partial charge in [0.1, 0.15) is 5.75 Å². The van der Waals surface area contributed by atoms with Crippen molar-refractivity contribution in [1.82, 2.24) is 0 Å². The number of hydrogen-bond donors (Lipinski definition) is 0. The maximum atomic E-state index is 12.2. The second-order valence-corrected chi connectivity index (χ2v) is 6.35. The Morgan fingerprint density at radius 2 is 1.80 bits per heavy atom. The third kappa shape index (κ3) is 3.62. The summed E-state index contributed by atoms with van der Waals surface area (Å²) in [4.78, 5) is 0.196. The molecule has 0 aliphatic carbocycles. The van der Waals surface area contributed by atoms with Gasteiger partial charge in [-0.1, -0.05) is 29.8 Å². The van der Waals surface area contributed by atoms with Crippen molar-refractivity contribution in [1.29, 1.82) is 0 Å². The average Bonchev–Trinajstić information content (AvgIpc) is 2.47. The smallest absolute Gasteiger partial charge is 0.199 e. The van der Waals surface area contributed by atoms with Crippen molar-refractivity contribution in [2.75, 3.05) is 7.11 Å². The van der Waals surface area contributed by atoms with E-state index in [2.05, 4.69) is 0 Å². The summed E-state index contributed by atoms with van der Waals surface area (Å²) >= 11 is 5.77. The molecule has 0 heterocycles. The van der Waals surface area contributed by atoms with Gasteiger partial charge in [-0.3, -0.25) is 0 Å². The number of benzene rings is 2. The molecule has 0 aliphatic heterocycles. The number of sulfone groups is 1. The fourth-order valence-corrected chi connectivity index (χ4v) is 2.77. The molecule has 20 heavy (non-hydrogen) atoms. The Hall–Kier alpha value is -1.78. The van der Waals surface area contributed by atoms with E-state index in [1.807, 2.05) is 0 Å². The monoisotopic (exact) mass is 308 g/mol. The van der Waals surface area contributed by atoms with E-state index in [0.717, 1.165) is 5.56 Å². The zero-order chi connectivity index (χ0) is 14.6. The minimum absolute atomic E-state index is 0.196. The van der Waals surface area contributed by atoms with Crippen LogP contribution in [0.15, 0.2) is 58.8 Å². The van der Waals surface area contributed by atoms with Crippen molar-refractivity contribution in [3.63, 3.8) is 0 Å². The van der Waals surface area contributed by atoms with Gasteiger partial charge < -0.3 is 4.74 Å². The molecule has 2 rings (SSSR count). The van der Waals surface area contributed by atoms with E-state index >= 15 is 0 Å². The van der Waals surface area contributed by atoms with Crippen LogP contribution in [0, 0.1) is 0 Å². The first kappa shape index (κ1) is 14.6. The summed E-state index contributed by atoms with van der Waals surface area (Å²) in [7, 11) is -2.00. The highest BCUT2D eigenvalue weighted by Gasteiger charge is 2.10. The van der Waals surface area contributed by atoms with E-state index in [1.165, 1.54) is 30.7 Å². The van der Waals surface area contributed by atoms with Gasteiger partial charge in [-0.25, -0.2) is 8.42 Å². The Morgan fingerprint density at radius 3 is 2.45 bits per heavy atom.